The summed E-state index contributed by atoms with van der Waals surface area (Å²) in [4.78, 5) is 5.75. The van der Waals surface area contributed by atoms with Crippen LogP contribution in [0.3, 0.4) is 0 Å². The van der Waals surface area contributed by atoms with Crippen molar-refractivity contribution in [3.8, 4) is 22.7 Å². The molecule has 0 bridgehead atoms. The first-order valence-electron chi connectivity index (χ1n) is 11.5. The number of phenols is 1. The summed E-state index contributed by atoms with van der Waals surface area (Å²) in [6.45, 7) is 12.8. The van der Waals surface area contributed by atoms with E-state index >= 15 is 0 Å². The Morgan fingerprint density at radius 2 is 1.25 bits per heavy atom. The van der Waals surface area contributed by atoms with Crippen molar-refractivity contribution in [2.45, 2.75) is 52.4 Å². The number of rotatable bonds is 3. The first-order valence-corrected chi connectivity index (χ1v) is 13.1. The molecule has 0 aliphatic heterocycles. The Balaban J connectivity index is 0.00000361. The van der Waals surface area contributed by atoms with Crippen LogP contribution in [-0.2, 0) is 10.8 Å². The molecule has 7 heteroatoms. The fourth-order valence-corrected chi connectivity index (χ4v) is 5.16. The molecular formula is C29H30BrCl2N2OS-. The summed E-state index contributed by atoms with van der Waals surface area (Å²) in [5.74, 6) is 0.369. The summed E-state index contributed by atoms with van der Waals surface area (Å²) in [5, 5.41) is 14.7. The Labute approximate surface area is 237 Å². The second-order valence-electron chi connectivity index (χ2n) is 10.7. The maximum absolute atomic E-state index is 11.2. The Morgan fingerprint density at radius 3 is 1.72 bits per heavy atom. The van der Waals surface area contributed by atoms with E-state index in [1.54, 1.807) is 11.3 Å². The minimum Gasteiger partial charge on any atom is -1.00 e. The second-order valence-corrected chi connectivity index (χ2v) is 12.4. The molecule has 190 valence electrons. The third-order valence-electron chi connectivity index (χ3n) is 5.87. The standard InChI is InChI=1S/C29H30Cl2N2OS.BrH/c1-28(2,3)23-15-18(16-24(26(23)34)29(4,5)6)25-17-35-27(32-21-11-7-19(30)8-12-21)33(25)22-13-9-20(31)10-14-22;/h7-17,34H,1-6H3;1H/p-1. The lowest BCUT2D eigenvalue weighted by Crippen LogP contribution is -3.00. The van der Waals surface area contributed by atoms with Crippen LogP contribution in [0.15, 0.2) is 71.0 Å². The average molecular weight is 605 g/mol. The van der Waals surface area contributed by atoms with Crippen LogP contribution in [0.25, 0.3) is 16.9 Å². The van der Waals surface area contributed by atoms with E-state index in [0.717, 1.165) is 38.6 Å². The van der Waals surface area contributed by atoms with Gasteiger partial charge in [0.05, 0.1) is 11.4 Å². The molecule has 3 aromatic carbocycles. The zero-order valence-electron chi connectivity index (χ0n) is 21.2. The van der Waals surface area contributed by atoms with E-state index in [4.69, 9.17) is 28.2 Å². The minimum atomic E-state index is -0.224. The van der Waals surface area contributed by atoms with Gasteiger partial charge in [-0.15, -0.1) is 11.3 Å². The van der Waals surface area contributed by atoms with Gasteiger partial charge in [-0.1, -0.05) is 64.7 Å². The largest absolute Gasteiger partial charge is 1.00 e. The number of hydrogen-bond donors (Lipinski definition) is 1. The lowest BCUT2D eigenvalue weighted by Gasteiger charge is -2.28. The van der Waals surface area contributed by atoms with Crippen LogP contribution in [0, 0.1) is 0 Å². The molecular weight excluding hydrogens is 575 g/mol. The highest BCUT2D eigenvalue weighted by Gasteiger charge is 2.27. The SMILES string of the molecule is CC(C)(C)c1cc(-c2csc(=Nc3ccc(Cl)cc3)n2-c2ccc(Cl)cc2)cc(C(C)(C)C)c1O.[Br-]. The molecule has 0 aliphatic rings. The Morgan fingerprint density at radius 1 is 0.778 bits per heavy atom. The Bertz CT molecular complexity index is 1390. The summed E-state index contributed by atoms with van der Waals surface area (Å²) in [5.41, 5.74) is 5.20. The van der Waals surface area contributed by atoms with E-state index in [1.807, 2.05) is 48.5 Å². The van der Waals surface area contributed by atoms with Crippen LogP contribution >= 0.6 is 34.5 Å². The molecule has 0 saturated carbocycles. The zero-order valence-corrected chi connectivity index (χ0v) is 25.1. The number of phenolic OH excluding ortho intramolecular Hbond substituents is 1. The van der Waals surface area contributed by atoms with Crippen molar-refractivity contribution in [2.24, 2.45) is 4.99 Å². The molecule has 0 saturated heterocycles. The predicted molar refractivity (Wildman–Crippen MR) is 150 cm³/mol. The summed E-state index contributed by atoms with van der Waals surface area (Å²) in [7, 11) is 0. The summed E-state index contributed by atoms with van der Waals surface area (Å²) < 4.78 is 2.14. The van der Waals surface area contributed by atoms with E-state index in [0.29, 0.717) is 15.8 Å². The van der Waals surface area contributed by atoms with Crippen molar-refractivity contribution in [3.05, 3.63) is 92.0 Å². The van der Waals surface area contributed by atoms with Gasteiger partial charge in [-0.2, -0.15) is 0 Å². The van der Waals surface area contributed by atoms with E-state index in [1.165, 1.54) is 0 Å². The van der Waals surface area contributed by atoms with Gasteiger partial charge in [-0.05, 0) is 71.5 Å². The molecule has 0 atom stereocenters. The van der Waals surface area contributed by atoms with Gasteiger partial charge in [-0.3, -0.25) is 4.57 Å². The van der Waals surface area contributed by atoms with Crippen LogP contribution in [0.1, 0.15) is 52.7 Å². The number of aromatic nitrogens is 1. The van der Waals surface area contributed by atoms with Gasteiger partial charge in [0.25, 0.3) is 0 Å². The summed E-state index contributed by atoms with van der Waals surface area (Å²) in [6.07, 6.45) is 0. The highest BCUT2D eigenvalue weighted by Crippen LogP contribution is 2.42. The average Bonchev–Trinajstić information content (AvgIpc) is 3.18. The summed E-state index contributed by atoms with van der Waals surface area (Å²) in [6, 6.07) is 19.5. The topological polar surface area (TPSA) is 37.5 Å². The molecule has 0 spiro atoms. The Hall–Kier alpha value is -2.05. The van der Waals surface area contributed by atoms with Crippen LogP contribution in [0.2, 0.25) is 10.0 Å². The fraction of sp³-hybridized carbons (Fsp3) is 0.276. The maximum atomic E-state index is 11.2. The number of aromatic hydroxyl groups is 1. The molecule has 4 aromatic rings. The van der Waals surface area contributed by atoms with E-state index in [2.05, 4.69) is 63.6 Å². The highest BCUT2D eigenvalue weighted by molar-refractivity contribution is 7.07. The van der Waals surface area contributed by atoms with Crippen molar-refractivity contribution < 1.29 is 22.1 Å². The van der Waals surface area contributed by atoms with E-state index in [-0.39, 0.29) is 27.8 Å². The quantitative estimate of drug-likeness (QED) is 0.304. The number of nitrogens with zero attached hydrogens (tertiary/aromatic N) is 2. The van der Waals surface area contributed by atoms with Gasteiger partial charge < -0.3 is 22.1 Å². The van der Waals surface area contributed by atoms with Gasteiger partial charge in [0.15, 0.2) is 4.80 Å². The molecule has 3 nitrogen and oxygen atoms in total. The molecule has 0 radical (unpaired) electrons. The van der Waals surface area contributed by atoms with Crippen molar-refractivity contribution in [1.82, 2.24) is 4.57 Å². The fourth-order valence-electron chi connectivity index (χ4n) is 3.98. The first-order chi connectivity index (χ1) is 16.3. The molecule has 0 unspecified atom stereocenters. The second kappa shape index (κ2) is 10.7. The van der Waals surface area contributed by atoms with E-state index in [9.17, 15) is 5.11 Å². The van der Waals surface area contributed by atoms with Gasteiger partial charge in [0.2, 0.25) is 0 Å². The van der Waals surface area contributed by atoms with Crippen molar-refractivity contribution in [2.75, 3.05) is 0 Å². The van der Waals surface area contributed by atoms with Crippen LogP contribution < -0.4 is 21.8 Å². The van der Waals surface area contributed by atoms with Crippen molar-refractivity contribution in [3.63, 3.8) is 0 Å². The molecule has 4 rings (SSSR count). The molecule has 1 aromatic heterocycles. The van der Waals surface area contributed by atoms with Gasteiger partial charge in [-0.25, -0.2) is 4.99 Å². The van der Waals surface area contributed by atoms with Gasteiger partial charge in [0.1, 0.15) is 5.75 Å². The molecule has 1 heterocycles. The first kappa shape index (κ1) is 28.5. The lowest BCUT2D eigenvalue weighted by molar-refractivity contribution is -0.00000896. The van der Waals surface area contributed by atoms with Gasteiger partial charge in [0, 0.05) is 37.8 Å². The maximum Gasteiger partial charge on any atom is 0.195 e. The molecule has 36 heavy (non-hydrogen) atoms. The van der Waals surface area contributed by atoms with Crippen molar-refractivity contribution in [1.29, 1.82) is 0 Å². The number of hydrogen-bond acceptors (Lipinski definition) is 3. The normalized spacial score (nSPS) is 12.5. The summed E-state index contributed by atoms with van der Waals surface area (Å²) >= 11 is 13.9. The smallest absolute Gasteiger partial charge is 0.195 e. The number of thiazole rings is 1. The lowest BCUT2D eigenvalue weighted by atomic mass is 9.78. The number of halogens is 3. The Kier molecular flexibility index (Phi) is 8.51. The van der Waals surface area contributed by atoms with E-state index < -0.39 is 0 Å². The minimum absolute atomic E-state index is 0. The molecule has 0 amide bonds. The third kappa shape index (κ3) is 6.08. The number of benzene rings is 3. The third-order valence-corrected chi connectivity index (χ3v) is 7.20. The predicted octanol–water partition coefficient (Wildman–Crippen LogP) is 6.05. The van der Waals surface area contributed by atoms with Crippen LogP contribution in [-0.4, -0.2) is 9.67 Å². The van der Waals surface area contributed by atoms with Crippen LogP contribution in [0.4, 0.5) is 5.69 Å². The molecule has 1 N–H and O–H groups in total. The molecule has 0 fully saturated rings. The zero-order chi connectivity index (χ0) is 25.5. The molecule has 0 aliphatic carbocycles. The monoisotopic (exact) mass is 603 g/mol. The van der Waals surface area contributed by atoms with Crippen LogP contribution in [0.5, 0.6) is 5.75 Å². The van der Waals surface area contributed by atoms with Gasteiger partial charge >= 0.3 is 0 Å². The van der Waals surface area contributed by atoms with Crippen molar-refractivity contribution >= 4 is 40.2 Å². The highest BCUT2D eigenvalue weighted by atomic mass is 79.9.